The molecular weight excluding hydrogens is 482 g/mol. The molecule has 180 valence electrons. The van der Waals surface area contributed by atoms with Gasteiger partial charge >= 0.3 is 0 Å². The SMILES string of the molecule is CSc1ccc(S(=O)(=O)N2CCC(C(=O)Nc3ccc(-c4nc5ccccc5o4)cc3)CC2)cc1. The van der Waals surface area contributed by atoms with Crippen LogP contribution < -0.4 is 5.32 Å². The van der Waals surface area contributed by atoms with Crippen LogP contribution in [-0.4, -0.2) is 43.0 Å². The van der Waals surface area contributed by atoms with Crippen molar-refractivity contribution in [1.82, 2.24) is 9.29 Å². The van der Waals surface area contributed by atoms with Gasteiger partial charge in [0, 0.05) is 35.2 Å². The Morgan fingerprint density at radius 2 is 1.69 bits per heavy atom. The Morgan fingerprint density at radius 1 is 1.00 bits per heavy atom. The third-order valence-electron chi connectivity index (χ3n) is 6.22. The summed E-state index contributed by atoms with van der Waals surface area (Å²) in [6, 6.07) is 21.9. The smallest absolute Gasteiger partial charge is 0.243 e. The van der Waals surface area contributed by atoms with E-state index >= 15 is 0 Å². The Bertz CT molecular complexity index is 1410. The highest BCUT2D eigenvalue weighted by Crippen LogP contribution is 2.28. The Labute approximate surface area is 208 Å². The maximum Gasteiger partial charge on any atom is 0.243 e. The molecule has 7 nitrogen and oxygen atoms in total. The number of piperidine rings is 1. The molecule has 3 aromatic carbocycles. The highest BCUT2D eigenvalue weighted by molar-refractivity contribution is 7.98. The Balaban J connectivity index is 1.19. The predicted molar refractivity (Wildman–Crippen MR) is 138 cm³/mol. The predicted octanol–water partition coefficient (Wildman–Crippen LogP) is 5.26. The molecule has 1 aliphatic rings. The van der Waals surface area contributed by atoms with Crippen LogP contribution in [0, 0.1) is 5.92 Å². The number of anilines is 1. The summed E-state index contributed by atoms with van der Waals surface area (Å²) in [5.41, 5.74) is 3.03. The first-order valence-electron chi connectivity index (χ1n) is 11.3. The maximum atomic E-state index is 13.0. The molecule has 0 unspecified atom stereocenters. The lowest BCUT2D eigenvalue weighted by atomic mass is 9.97. The number of carbonyl (C=O) groups excluding carboxylic acids is 1. The van der Waals surface area contributed by atoms with E-state index in [9.17, 15) is 13.2 Å². The minimum Gasteiger partial charge on any atom is -0.436 e. The number of nitrogens with zero attached hydrogens (tertiary/aromatic N) is 2. The summed E-state index contributed by atoms with van der Waals surface area (Å²) in [4.78, 5) is 18.6. The standard InChI is InChI=1S/C26H25N3O4S2/c1-34-21-10-12-22(13-11-21)35(31,32)29-16-14-18(15-17-29)25(30)27-20-8-6-19(7-9-20)26-28-23-4-2-3-5-24(23)33-26/h2-13,18H,14-17H2,1H3,(H,27,30). The molecule has 2 heterocycles. The summed E-state index contributed by atoms with van der Waals surface area (Å²) in [6.07, 6.45) is 2.91. The third kappa shape index (κ3) is 4.98. The first kappa shape index (κ1) is 23.6. The number of benzene rings is 3. The van der Waals surface area contributed by atoms with Crippen LogP contribution in [0.4, 0.5) is 5.69 Å². The average Bonchev–Trinajstić information content (AvgIpc) is 3.33. The van der Waals surface area contributed by atoms with Crippen LogP contribution >= 0.6 is 11.8 Å². The van der Waals surface area contributed by atoms with Crippen molar-refractivity contribution in [2.45, 2.75) is 22.6 Å². The minimum atomic E-state index is -3.56. The van der Waals surface area contributed by atoms with E-state index in [4.69, 9.17) is 4.42 Å². The van der Waals surface area contributed by atoms with Crippen LogP contribution in [0.15, 0.2) is 87.0 Å². The molecular formula is C26H25N3O4S2. The molecule has 9 heteroatoms. The number of amides is 1. The maximum absolute atomic E-state index is 13.0. The van der Waals surface area contributed by atoms with Gasteiger partial charge in [0.2, 0.25) is 21.8 Å². The van der Waals surface area contributed by atoms with Crippen LogP contribution in [0.25, 0.3) is 22.6 Å². The Morgan fingerprint density at radius 3 is 2.34 bits per heavy atom. The van der Waals surface area contributed by atoms with Crippen molar-refractivity contribution in [3.8, 4) is 11.5 Å². The molecule has 1 saturated heterocycles. The van der Waals surface area contributed by atoms with Crippen molar-refractivity contribution in [3.63, 3.8) is 0 Å². The zero-order valence-electron chi connectivity index (χ0n) is 19.2. The van der Waals surface area contributed by atoms with E-state index in [1.54, 1.807) is 23.9 Å². The van der Waals surface area contributed by atoms with E-state index in [0.717, 1.165) is 21.6 Å². The van der Waals surface area contributed by atoms with Crippen LogP contribution in [0.5, 0.6) is 0 Å². The first-order valence-corrected chi connectivity index (χ1v) is 14.0. The fraction of sp³-hybridized carbons (Fsp3) is 0.231. The molecule has 1 aromatic heterocycles. The number of rotatable bonds is 6. The van der Waals surface area contributed by atoms with Crippen LogP contribution in [0.2, 0.25) is 0 Å². The van der Waals surface area contributed by atoms with E-state index < -0.39 is 10.0 Å². The van der Waals surface area contributed by atoms with Gasteiger partial charge in [-0.1, -0.05) is 12.1 Å². The van der Waals surface area contributed by atoms with Gasteiger partial charge in [0.15, 0.2) is 5.58 Å². The van der Waals surface area contributed by atoms with Gasteiger partial charge in [-0.2, -0.15) is 4.31 Å². The van der Waals surface area contributed by atoms with Gasteiger partial charge in [-0.25, -0.2) is 13.4 Å². The molecule has 4 aromatic rings. The molecule has 1 aliphatic heterocycles. The summed E-state index contributed by atoms with van der Waals surface area (Å²) in [5.74, 6) is 0.193. The molecule has 1 N–H and O–H groups in total. The topological polar surface area (TPSA) is 92.5 Å². The van der Waals surface area contributed by atoms with Crippen LogP contribution in [0.3, 0.4) is 0 Å². The molecule has 0 radical (unpaired) electrons. The summed E-state index contributed by atoms with van der Waals surface area (Å²) in [5, 5.41) is 2.95. The number of fused-ring (bicyclic) bond motifs is 1. The van der Waals surface area contributed by atoms with Gasteiger partial charge in [-0.3, -0.25) is 4.79 Å². The molecule has 0 atom stereocenters. The van der Waals surface area contributed by atoms with Gasteiger partial charge in [0.1, 0.15) is 5.52 Å². The van der Waals surface area contributed by atoms with Crippen LogP contribution in [-0.2, 0) is 14.8 Å². The van der Waals surface area contributed by atoms with Gasteiger partial charge in [0.25, 0.3) is 0 Å². The second kappa shape index (κ2) is 9.85. The highest BCUT2D eigenvalue weighted by atomic mass is 32.2. The zero-order valence-corrected chi connectivity index (χ0v) is 20.8. The first-order chi connectivity index (χ1) is 16.9. The number of thioether (sulfide) groups is 1. The number of oxazole rings is 1. The van der Waals surface area contributed by atoms with E-state index in [1.807, 2.05) is 66.9 Å². The normalized spacial score (nSPS) is 15.3. The highest BCUT2D eigenvalue weighted by Gasteiger charge is 2.32. The second-order valence-electron chi connectivity index (χ2n) is 8.41. The number of para-hydroxylation sites is 2. The molecule has 0 aliphatic carbocycles. The van der Waals surface area contributed by atoms with Crippen molar-refractivity contribution in [2.75, 3.05) is 24.7 Å². The molecule has 5 rings (SSSR count). The largest absolute Gasteiger partial charge is 0.436 e. The summed E-state index contributed by atoms with van der Waals surface area (Å²) in [6.45, 7) is 0.642. The van der Waals surface area contributed by atoms with Crippen molar-refractivity contribution in [2.24, 2.45) is 5.92 Å². The lowest BCUT2D eigenvalue weighted by molar-refractivity contribution is -0.120. The fourth-order valence-corrected chi connectivity index (χ4v) is 6.07. The van der Waals surface area contributed by atoms with E-state index in [0.29, 0.717) is 37.5 Å². The molecule has 35 heavy (non-hydrogen) atoms. The van der Waals surface area contributed by atoms with Gasteiger partial charge in [-0.15, -0.1) is 11.8 Å². The molecule has 0 saturated carbocycles. The average molecular weight is 508 g/mol. The van der Waals surface area contributed by atoms with E-state index in [-0.39, 0.29) is 16.7 Å². The number of hydrogen-bond donors (Lipinski definition) is 1. The molecule has 0 bridgehead atoms. The fourth-order valence-electron chi connectivity index (χ4n) is 4.19. The molecule has 1 fully saturated rings. The minimum absolute atomic E-state index is 0.0963. The number of aromatic nitrogens is 1. The third-order valence-corrected chi connectivity index (χ3v) is 8.87. The number of hydrogen-bond acceptors (Lipinski definition) is 6. The Kier molecular flexibility index (Phi) is 6.64. The monoisotopic (exact) mass is 507 g/mol. The molecule has 1 amide bonds. The van der Waals surface area contributed by atoms with Crippen molar-refractivity contribution in [1.29, 1.82) is 0 Å². The number of carbonyl (C=O) groups is 1. The quantitative estimate of drug-likeness (QED) is 0.358. The van der Waals surface area contributed by atoms with E-state index in [1.165, 1.54) is 4.31 Å². The van der Waals surface area contributed by atoms with Gasteiger partial charge in [-0.05, 0) is 79.8 Å². The molecule has 0 spiro atoms. The van der Waals surface area contributed by atoms with Crippen LogP contribution in [0.1, 0.15) is 12.8 Å². The second-order valence-corrected chi connectivity index (χ2v) is 11.2. The Hall–Kier alpha value is -3.14. The van der Waals surface area contributed by atoms with Gasteiger partial charge < -0.3 is 9.73 Å². The van der Waals surface area contributed by atoms with Crippen molar-refractivity contribution < 1.29 is 17.6 Å². The zero-order chi connectivity index (χ0) is 24.4. The number of nitrogens with one attached hydrogen (secondary N) is 1. The summed E-state index contributed by atoms with van der Waals surface area (Å²) >= 11 is 1.57. The van der Waals surface area contributed by atoms with E-state index in [2.05, 4.69) is 10.3 Å². The van der Waals surface area contributed by atoms with Crippen molar-refractivity contribution in [3.05, 3.63) is 72.8 Å². The number of sulfonamides is 1. The summed E-state index contributed by atoms with van der Waals surface area (Å²) in [7, 11) is -3.56. The summed E-state index contributed by atoms with van der Waals surface area (Å²) < 4.78 is 33.2. The lowest BCUT2D eigenvalue weighted by Crippen LogP contribution is -2.41. The lowest BCUT2D eigenvalue weighted by Gasteiger charge is -2.30. The van der Waals surface area contributed by atoms with Gasteiger partial charge in [0.05, 0.1) is 4.90 Å². The van der Waals surface area contributed by atoms with Crippen molar-refractivity contribution >= 4 is 44.5 Å².